The molecule has 1 aromatic carbocycles. The molecule has 1 atom stereocenters. The molecule has 0 bridgehead atoms. The van der Waals surface area contributed by atoms with Gasteiger partial charge in [0, 0.05) is 16.0 Å². The molecular weight excluding hydrogens is 292 g/mol. The van der Waals surface area contributed by atoms with Gasteiger partial charge in [-0.1, -0.05) is 29.8 Å². The van der Waals surface area contributed by atoms with Gasteiger partial charge in [0.2, 0.25) is 5.88 Å². The molecule has 0 saturated carbocycles. The van der Waals surface area contributed by atoms with Crippen LogP contribution in [0.2, 0.25) is 5.02 Å². The summed E-state index contributed by atoms with van der Waals surface area (Å²) >= 11 is 7.93. The highest BCUT2D eigenvalue weighted by atomic mass is 35.5. The first-order valence-corrected chi connectivity index (χ1v) is 7.60. The SMILES string of the molecule is Cc1ccsc1C1C=C(N)ON1Cc1ccccc1Cl. The van der Waals surface area contributed by atoms with Gasteiger partial charge in [-0.25, -0.2) is 0 Å². The summed E-state index contributed by atoms with van der Waals surface area (Å²) in [5.74, 6) is 0.440. The molecule has 3 nitrogen and oxygen atoms in total. The fraction of sp³-hybridized carbons (Fsp3) is 0.200. The number of benzene rings is 1. The highest BCUT2D eigenvalue weighted by Crippen LogP contribution is 2.36. The number of thiophene rings is 1. The summed E-state index contributed by atoms with van der Waals surface area (Å²) in [5.41, 5.74) is 8.11. The second kappa shape index (κ2) is 5.48. The molecule has 5 heteroatoms. The molecule has 0 fully saturated rings. The van der Waals surface area contributed by atoms with E-state index in [1.165, 1.54) is 10.4 Å². The summed E-state index contributed by atoms with van der Waals surface area (Å²) in [4.78, 5) is 6.88. The predicted molar refractivity (Wildman–Crippen MR) is 82.1 cm³/mol. The lowest BCUT2D eigenvalue weighted by Gasteiger charge is -2.23. The van der Waals surface area contributed by atoms with E-state index in [0.29, 0.717) is 12.4 Å². The van der Waals surface area contributed by atoms with E-state index >= 15 is 0 Å². The summed E-state index contributed by atoms with van der Waals surface area (Å²) < 4.78 is 0. The Morgan fingerprint density at radius 3 is 2.85 bits per heavy atom. The molecule has 2 N–H and O–H groups in total. The van der Waals surface area contributed by atoms with Crippen molar-refractivity contribution < 1.29 is 4.84 Å². The van der Waals surface area contributed by atoms with E-state index in [0.717, 1.165) is 10.6 Å². The zero-order valence-electron chi connectivity index (χ0n) is 11.0. The fourth-order valence-corrected chi connectivity index (χ4v) is 3.47. The van der Waals surface area contributed by atoms with Crippen LogP contribution in [0, 0.1) is 6.92 Å². The van der Waals surface area contributed by atoms with Gasteiger partial charge in [-0.2, -0.15) is 0 Å². The standard InChI is InChI=1S/C15H15ClN2OS/c1-10-6-7-20-15(10)13-8-14(17)19-18(13)9-11-4-2-3-5-12(11)16/h2-8,13H,9,17H2,1H3. The van der Waals surface area contributed by atoms with Crippen molar-refractivity contribution in [3.63, 3.8) is 0 Å². The Balaban J connectivity index is 1.86. The first-order valence-electron chi connectivity index (χ1n) is 6.34. The Kier molecular flexibility index (Phi) is 3.70. The average molecular weight is 307 g/mol. The van der Waals surface area contributed by atoms with Gasteiger partial charge in [0.15, 0.2) is 0 Å². The number of hydroxylamine groups is 2. The third-order valence-electron chi connectivity index (χ3n) is 3.31. The summed E-state index contributed by atoms with van der Waals surface area (Å²) in [6.45, 7) is 2.70. The summed E-state index contributed by atoms with van der Waals surface area (Å²) in [6.07, 6.45) is 1.94. The molecule has 20 heavy (non-hydrogen) atoms. The molecule has 1 unspecified atom stereocenters. The van der Waals surface area contributed by atoms with Crippen molar-refractivity contribution in [2.24, 2.45) is 5.73 Å². The third kappa shape index (κ3) is 2.54. The highest BCUT2D eigenvalue weighted by Gasteiger charge is 2.29. The van der Waals surface area contributed by atoms with Gasteiger partial charge in [0.05, 0.1) is 6.54 Å². The first-order chi connectivity index (χ1) is 9.65. The smallest absolute Gasteiger partial charge is 0.207 e. The quantitative estimate of drug-likeness (QED) is 0.931. The summed E-state index contributed by atoms with van der Waals surface area (Å²) in [7, 11) is 0. The second-order valence-corrected chi connectivity index (χ2v) is 6.09. The highest BCUT2D eigenvalue weighted by molar-refractivity contribution is 7.10. The lowest BCUT2D eigenvalue weighted by atomic mass is 10.1. The van der Waals surface area contributed by atoms with E-state index in [1.54, 1.807) is 11.3 Å². The Bertz CT molecular complexity index is 653. The molecule has 3 rings (SSSR count). The normalized spacial score (nSPS) is 18.9. The Labute approximate surface area is 127 Å². The van der Waals surface area contributed by atoms with Crippen LogP contribution in [-0.4, -0.2) is 5.06 Å². The molecule has 1 aromatic heterocycles. The van der Waals surface area contributed by atoms with Crippen molar-refractivity contribution in [1.29, 1.82) is 0 Å². The van der Waals surface area contributed by atoms with Gasteiger partial charge in [0.1, 0.15) is 6.04 Å². The Hall–Kier alpha value is -1.49. The lowest BCUT2D eigenvalue weighted by molar-refractivity contribution is -0.127. The minimum absolute atomic E-state index is 0.0475. The maximum Gasteiger partial charge on any atom is 0.207 e. The van der Waals surface area contributed by atoms with Crippen LogP contribution in [0.3, 0.4) is 0 Å². The molecule has 1 aliphatic rings. The average Bonchev–Trinajstić information content (AvgIpc) is 2.98. The number of nitrogens with zero attached hydrogens (tertiary/aromatic N) is 1. The van der Waals surface area contributed by atoms with Crippen LogP contribution in [0.4, 0.5) is 0 Å². The van der Waals surface area contributed by atoms with Gasteiger partial charge in [-0.05, 0) is 35.6 Å². The number of aryl methyl sites for hydroxylation is 1. The monoisotopic (exact) mass is 306 g/mol. The molecular formula is C15H15ClN2OS. The van der Waals surface area contributed by atoms with E-state index in [9.17, 15) is 0 Å². The maximum absolute atomic E-state index is 6.22. The molecule has 2 aromatic rings. The van der Waals surface area contributed by atoms with Crippen molar-refractivity contribution in [3.05, 3.63) is 68.7 Å². The molecule has 0 aliphatic carbocycles. The number of hydrogen-bond acceptors (Lipinski definition) is 4. The lowest BCUT2D eigenvalue weighted by Crippen LogP contribution is -2.23. The van der Waals surface area contributed by atoms with Gasteiger partial charge in [-0.3, -0.25) is 0 Å². The zero-order chi connectivity index (χ0) is 14.1. The number of rotatable bonds is 3. The fourth-order valence-electron chi connectivity index (χ4n) is 2.28. The second-order valence-electron chi connectivity index (χ2n) is 4.74. The zero-order valence-corrected chi connectivity index (χ0v) is 12.6. The van der Waals surface area contributed by atoms with Crippen molar-refractivity contribution in [2.75, 3.05) is 0 Å². The Morgan fingerprint density at radius 1 is 1.35 bits per heavy atom. The van der Waals surface area contributed by atoms with Crippen LogP contribution in [0.15, 0.2) is 47.7 Å². The number of hydrogen-bond donors (Lipinski definition) is 1. The van der Waals surface area contributed by atoms with Crippen LogP contribution in [0.1, 0.15) is 22.0 Å². The molecule has 2 heterocycles. The van der Waals surface area contributed by atoms with E-state index in [2.05, 4.69) is 18.4 Å². The largest absolute Gasteiger partial charge is 0.387 e. The van der Waals surface area contributed by atoms with Crippen LogP contribution >= 0.6 is 22.9 Å². The molecule has 0 amide bonds. The minimum atomic E-state index is 0.0475. The third-order valence-corrected chi connectivity index (χ3v) is 4.77. The first kappa shape index (κ1) is 13.5. The van der Waals surface area contributed by atoms with Gasteiger partial charge < -0.3 is 10.6 Å². The van der Waals surface area contributed by atoms with Gasteiger partial charge in [-0.15, -0.1) is 16.4 Å². The van der Waals surface area contributed by atoms with E-state index in [1.807, 2.05) is 35.4 Å². The van der Waals surface area contributed by atoms with Crippen LogP contribution in [0.5, 0.6) is 0 Å². The molecule has 0 radical (unpaired) electrons. The van der Waals surface area contributed by atoms with Crippen LogP contribution in [0.25, 0.3) is 0 Å². The van der Waals surface area contributed by atoms with E-state index in [4.69, 9.17) is 22.2 Å². The molecule has 0 saturated heterocycles. The molecule has 1 aliphatic heterocycles. The van der Waals surface area contributed by atoms with Gasteiger partial charge >= 0.3 is 0 Å². The van der Waals surface area contributed by atoms with Crippen molar-refractivity contribution in [3.8, 4) is 0 Å². The van der Waals surface area contributed by atoms with Gasteiger partial charge in [0.25, 0.3) is 0 Å². The number of halogens is 1. The van der Waals surface area contributed by atoms with E-state index in [-0.39, 0.29) is 6.04 Å². The number of nitrogens with two attached hydrogens (primary N) is 1. The Morgan fingerprint density at radius 2 is 2.15 bits per heavy atom. The topological polar surface area (TPSA) is 38.5 Å². The van der Waals surface area contributed by atoms with Crippen LogP contribution in [-0.2, 0) is 11.4 Å². The maximum atomic E-state index is 6.22. The van der Waals surface area contributed by atoms with E-state index < -0.39 is 0 Å². The summed E-state index contributed by atoms with van der Waals surface area (Å²) in [6, 6.07) is 9.93. The minimum Gasteiger partial charge on any atom is -0.387 e. The summed E-state index contributed by atoms with van der Waals surface area (Å²) in [5, 5.41) is 4.69. The van der Waals surface area contributed by atoms with Crippen molar-refractivity contribution in [1.82, 2.24) is 5.06 Å². The van der Waals surface area contributed by atoms with Crippen molar-refractivity contribution >= 4 is 22.9 Å². The molecule has 0 spiro atoms. The van der Waals surface area contributed by atoms with Crippen molar-refractivity contribution in [2.45, 2.75) is 19.5 Å². The predicted octanol–water partition coefficient (Wildman–Crippen LogP) is 4.00. The molecule has 104 valence electrons. The van der Waals surface area contributed by atoms with Crippen LogP contribution < -0.4 is 5.73 Å².